The molecule has 0 bridgehead atoms. The van der Waals surface area contributed by atoms with Crippen molar-refractivity contribution in [1.29, 1.82) is 0 Å². The predicted octanol–water partition coefficient (Wildman–Crippen LogP) is 1.20. The zero-order valence-corrected chi connectivity index (χ0v) is 10.6. The lowest BCUT2D eigenvalue weighted by atomic mass is 10.0. The molecule has 1 amide bonds. The molecule has 7 nitrogen and oxygen atoms in total. The molecule has 8 heteroatoms. The molecule has 2 aliphatic rings. The second-order valence-corrected chi connectivity index (χ2v) is 5.03. The molecule has 1 aromatic rings. The van der Waals surface area contributed by atoms with Crippen molar-refractivity contribution in [1.82, 2.24) is 4.90 Å². The Hall–Kier alpha value is -2.48. The normalized spacial score (nSPS) is 22.5. The first-order valence-corrected chi connectivity index (χ1v) is 6.40. The Kier molecular flexibility index (Phi) is 2.68. The lowest BCUT2D eigenvalue weighted by Gasteiger charge is -2.36. The number of furan rings is 1. The van der Waals surface area contributed by atoms with E-state index in [1.165, 1.54) is 40.3 Å². The number of aliphatic carboxylic acids is 1. The van der Waals surface area contributed by atoms with Crippen LogP contribution in [0.15, 0.2) is 33.2 Å². The van der Waals surface area contributed by atoms with E-state index in [0.717, 1.165) is 0 Å². The summed E-state index contributed by atoms with van der Waals surface area (Å²) in [6, 6.07) is 2.73. The van der Waals surface area contributed by atoms with E-state index in [-0.39, 0.29) is 22.6 Å². The minimum absolute atomic E-state index is 0.0483. The summed E-state index contributed by atoms with van der Waals surface area (Å²) >= 11 is 1.21. The van der Waals surface area contributed by atoms with Crippen molar-refractivity contribution in [2.45, 2.75) is 5.37 Å². The van der Waals surface area contributed by atoms with E-state index in [4.69, 9.17) is 14.6 Å². The standard InChI is InChI=1S/C12H7NO6S/c14-9-6(3-5-1-2-8(19-5)12(17)18)10-13(9)7(4-20-10)11(15)16/h1-4,10H,(H,15,16)(H,17,18)/b6-3-/t10-/m0/s1. The summed E-state index contributed by atoms with van der Waals surface area (Å²) in [4.78, 5) is 34.6. The van der Waals surface area contributed by atoms with Crippen molar-refractivity contribution in [3.63, 3.8) is 0 Å². The molecule has 0 unspecified atom stereocenters. The Labute approximate surface area is 116 Å². The van der Waals surface area contributed by atoms with Crippen LogP contribution in [0.3, 0.4) is 0 Å². The molecule has 3 rings (SSSR count). The van der Waals surface area contributed by atoms with E-state index in [9.17, 15) is 14.4 Å². The predicted molar refractivity (Wildman–Crippen MR) is 67.6 cm³/mol. The lowest BCUT2D eigenvalue weighted by Crippen LogP contribution is -2.51. The second-order valence-electron chi connectivity index (χ2n) is 4.08. The number of fused-ring (bicyclic) bond motifs is 1. The Morgan fingerprint density at radius 2 is 2.05 bits per heavy atom. The number of hydrogen-bond acceptors (Lipinski definition) is 5. The molecule has 1 saturated heterocycles. The first-order chi connectivity index (χ1) is 9.49. The first-order valence-electron chi connectivity index (χ1n) is 5.46. The molecule has 102 valence electrons. The summed E-state index contributed by atoms with van der Waals surface area (Å²) in [7, 11) is 0. The molecule has 0 saturated carbocycles. The molecule has 1 atom stereocenters. The highest BCUT2D eigenvalue weighted by Gasteiger charge is 2.49. The van der Waals surface area contributed by atoms with Gasteiger partial charge in [-0.25, -0.2) is 9.59 Å². The van der Waals surface area contributed by atoms with Gasteiger partial charge in [0.15, 0.2) is 0 Å². The van der Waals surface area contributed by atoms with Crippen LogP contribution in [-0.4, -0.2) is 38.3 Å². The van der Waals surface area contributed by atoms with E-state index in [0.29, 0.717) is 5.57 Å². The minimum Gasteiger partial charge on any atom is -0.477 e. The van der Waals surface area contributed by atoms with Gasteiger partial charge in [0.25, 0.3) is 5.91 Å². The monoisotopic (exact) mass is 293 g/mol. The van der Waals surface area contributed by atoms with Crippen LogP contribution in [-0.2, 0) is 9.59 Å². The van der Waals surface area contributed by atoms with E-state index >= 15 is 0 Å². The number of carbonyl (C=O) groups is 3. The molecule has 0 aromatic carbocycles. The zero-order valence-electron chi connectivity index (χ0n) is 9.77. The van der Waals surface area contributed by atoms with Gasteiger partial charge in [0, 0.05) is 5.41 Å². The van der Waals surface area contributed by atoms with Gasteiger partial charge in [-0.3, -0.25) is 9.69 Å². The number of nitrogens with zero attached hydrogens (tertiary/aromatic N) is 1. The molecule has 0 spiro atoms. The van der Waals surface area contributed by atoms with Crippen molar-refractivity contribution in [3.8, 4) is 0 Å². The Balaban J connectivity index is 1.84. The molecule has 20 heavy (non-hydrogen) atoms. The van der Waals surface area contributed by atoms with Gasteiger partial charge in [0.2, 0.25) is 5.76 Å². The maximum absolute atomic E-state index is 11.9. The first kappa shape index (κ1) is 12.5. The van der Waals surface area contributed by atoms with E-state index < -0.39 is 17.8 Å². The topological polar surface area (TPSA) is 108 Å². The fourth-order valence-electron chi connectivity index (χ4n) is 1.96. The summed E-state index contributed by atoms with van der Waals surface area (Å²) in [5.41, 5.74) is 0.335. The molecular formula is C12H7NO6S. The highest BCUT2D eigenvalue weighted by molar-refractivity contribution is 8.03. The van der Waals surface area contributed by atoms with Crippen LogP contribution in [0, 0.1) is 0 Å². The molecule has 2 aliphatic heterocycles. The highest BCUT2D eigenvalue weighted by Crippen LogP contribution is 2.45. The molecule has 3 heterocycles. The number of rotatable bonds is 3. The van der Waals surface area contributed by atoms with Crippen LogP contribution < -0.4 is 0 Å². The van der Waals surface area contributed by atoms with Crippen molar-refractivity contribution in [3.05, 3.63) is 40.3 Å². The highest BCUT2D eigenvalue weighted by atomic mass is 32.2. The summed E-state index contributed by atoms with van der Waals surface area (Å²) in [6.07, 6.45) is 1.43. The van der Waals surface area contributed by atoms with Crippen molar-refractivity contribution < 1.29 is 29.0 Å². The van der Waals surface area contributed by atoms with Crippen LogP contribution in [0.4, 0.5) is 0 Å². The van der Waals surface area contributed by atoms with Crippen LogP contribution >= 0.6 is 11.8 Å². The van der Waals surface area contributed by atoms with Gasteiger partial charge < -0.3 is 14.6 Å². The summed E-state index contributed by atoms with van der Waals surface area (Å²) in [5, 5.41) is 18.7. The third-order valence-corrected chi connectivity index (χ3v) is 3.97. The molecule has 1 aromatic heterocycles. The van der Waals surface area contributed by atoms with Crippen LogP contribution in [0.25, 0.3) is 6.08 Å². The number of aromatic carboxylic acids is 1. The lowest BCUT2D eigenvalue weighted by molar-refractivity contribution is -0.141. The summed E-state index contributed by atoms with van der Waals surface area (Å²) in [5.74, 6) is -2.74. The fourth-order valence-corrected chi connectivity index (χ4v) is 3.08. The fraction of sp³-hybridized carbons (Fsp3) is 0.0833. The van der Waals surface area contributed by atoms with E-state index in [2.05, 4.69) is 0 Å². The Bertz CT molecular complexity index is 701. The Morgan fingerprint density at radius 3 is 2.65 bits per heavy atom. The second kappa shape index (κ2) is 4.27. The molecule has 2 N–H and O–H groups in total. The molecule has 1 fully saturated rings. The van der Waals surface area contributed by atoms with Crippen molar-refractivity contribution in [2.24, 2.45) is 0 Å². The van der Waals surface area contributed by atoms with E-state index in [1.807, 2.05) is 0 Å². The van der Waals surface area contributed by atoms with Gasteiger partial charge in [-0.2, -0.15) is 0 Å². The molecule has 0 radical (unpaired) electrons. The minimum atomic E-state index is -1.19. The maximum Gasteiger partial charge on any atom is 0.371 e. The largest absolute Gasteiger partial charge is 0.477 e. The average Bonchev–Trinajstić information content (AvgIpc) is 3.00. The van der Waals surface area contributed by atoms with Gasteiger partial charge in [-0.05, 0) is 18.2 Å². The molecule has 0 aliphatic carbocycles. The van der Waals surface area contributed by atoms with Crippen LogP contribution in [0.2, 0.25) is 0 Å². The smallest absolute Gasteiger partial charge is 0.371 e. The van der Waals surface area contributed by atoms with Crippen molar-refractivity contribution >= 4 is 35.7 Å². The number of amides is 1. The quantitative estimate of drug-likeness (QED) is 0.636. The molecular weight excluding hydrogens is 286 g/mol. The summed E-state index contributed by atoms with van der Waals surface area (Å²) in [6.45, 7) is 0. The number of carboxylic acid groups (broad SMARTS) is 2. The average molecular weight is 293 g/mol. The third-order valence-electron chi connectivity index (χ3n) is 2.89. The van der Waals surface area contributed by atoms with Gasteiger partial charge in [-0.1, -0.05) is 0 Å². The van der Waals surface area contributed by atoms with Gasteiger partial charge in [-0.15, -0.1) is 11.8 Å². The number of β-lactam (4-membered cyclic amide) rings is 1. The van der Waals surface area contributed by atoms with Crippen LogP contribution in [0.5, 0.6) is 0 Å². The van der Waals surface area contributed by atoms with E-state index in [1.54, 1.807) is 0 Å². The Morgan fingerprint density at radius 1 is 1.30 bits per heavy atom. The third kappa shape index (κ3) is 1.73. The van der Waals surface area contributed by atoms with Gasteiger partial charge in [0.05, 0.1) is 5.57 Å². The number of hydrogen-bond donors (Lipinski definition) is 2. The van der Waals surface area contributed by atoms with Crippen LogP contribution in [0.1, 0.15) is 16.3 Å². The SMILES string of the molecule is O=C(O)C1=CS[C@H]2/C(=C\c3ccc(C(=O)O)o3)C(=O)N12. The number of carboxylic acids is 2. The zero-order chi connectivity index (χ0) is 14.4. The number of carbonyl (C=O) groups excluding carboxylic acids is 1. The van der Waals surface area contributed by atoms with Crippen molar-refractivity contribution in [2.75, 3.05) is 0 Å². The number of thioether (sulfide) groups is 1. The summed E-state index contributed by atoms with van der Waals surface area (Å²) < 4.78 is 5.03. The van der Waals surface area contributed by atoms with Gasteiger partial charge in [0.1, 0.15) is 16.8 Å². The van der Waals surface area contributed by atoms with Gasteiger partial charge >= 0.3 is 11.9 Å². The maximum atomic E-state index is 11.9.